The standard InChI is InChI=1S/C19H28N4OS/c1-5-23-9-6-7-15(17(23)16-11-20-22(4)13-16)12-21(3)19(24)18-14(2)8-10-25-18/h8,10-11,13,15,17H,5-7,9,12H2,1-4H3/t15-,17+/m0/s1. The van der Waals surface area contributed by atoms with E-state index in [-0.39, 0.29) is 5.91 Å². The van der Waals surface area contributed by atoms with Crippen LogP contribution in [0.1, 0.15) is 46.6 Å². The smallest absolute Gasteiger partial charge is 0.263 e. The summed E-state index contributed by atoms with van der Waals surface area (Å²) in [6.07, 6.45) is 6.44. The maximum atomic E-state index is 12.8. The predicted octanol–water partition coefficient (Wildman–Crippen LogP) is 3.34. The number of thiophene rings is 1. The molecule has 0 spiro atoms. The Balaban J connectivity index is 1.78. The van der Waals surface area contributed by atoms with Crippen molar-refractivity contribution >= 4 is 17.2 Å². The number of hydrogen-bond donors (Lipinski definition) is 0. The Hall–Kier alpha value is -1.66. The van der Waals surface area contributed by atoms with Crippen molar-refractivity contribution in [3.63, 3.8) is 0 Å². The Bertz CT molecular complexity index is 723. The molecule has 3 heterocycles. The molecule has 2 aromatic heterocycles. The summed E-state index contributed by atoms with van der Waals surface area (Å²) in [5, 5.41) is 6.37. The van der Waals surface area contributed by atoms with Gasteiger partial charge in [0.15, 0.2) is 0 Å². The van der Waals surface area contributed by atoms with Crippen LogP contribution in [0.25, 0.3) is 0 Å². The zero-order valence-electron chi connectivity index (χ0n) is 15.6. The Morgan fingerprint density at radius 3 is 2.88 bits per heavy atom. The summed E-state index contributed by atoms with van der Waals surface area (Å²) in [5.41, 5.74) is 2.34. The third kappa shape index (κ3) is 3.80. The van der Waals surface area contributed by atoms with Gasteiger partial charge in [0.2, 0.25) is 0 Å². The van der Waals surface area contributed by atoms with Gasteiger partial charge in [-0.25, -0.2) is 0 Å². The van der Waals surface area contributed by atoms with E-state index >= 15 is 0 Å². The first-order chi connectivity index (χ1) is 12.0. The van der Waals surface area contributed by atoms with Crippen molar-refractivity contribution in [2.45, 2.75) is 32.7 Å². The summed E-state index contributed by atoms with van der Waals surface area (Å²) in [6, 6.07) is 2.36. The molecule has 1 amide bonds. The predicted molar refractivity (Wildman–Crippen MR) is 102 cm³/mol. The second kappa shape index (κ2) is 7.70. The van der Waals surface area contributed by atoms with Crippen molar-refractivity contribution < 1.29 is 4.79 Å². The van der Waals surface area contributed by atoms with E-state index in [1.54, 1.807) is 0 Å². The molecule has 3 rings (SSSR count). The number of aryl methyl sites for hydroxylation is 2. The van der Waals surface area contributed by atoms with Crippen molar-refractivity contribution in [1.82, 2.24) is 19.6 Å². The SMILES string of the molecule is CCN1CCC[C@@H](CN(C)C(=O)c2sccc2C)[C@@H]1c1cnn(C)c1. The largest absolute Gasteiger partial charge is 0.341 e. The van der Waals surface area contributed by atoms with Crippen LogP contribution in [0, 0.1) is 12.8 Å². The number of nitrogens with zero attached hydrogens (tertiary/aromatic N) is 4. The Labute approximate surface area is 154 Å². The Morgan fingerprint density at radius 2 is 2.28 bits per heavy atom. The fraction of sp³-hybridized carbons (Fsp3) is 0.579. The van der Waals surface area contributed by atoms with Crippen molar-refractivity contribution in [2.24, 2.45) is 13.0 Å². The molecule has 1 saturated heterocycles. The fourth-order valence-corrected chi connectivity index (χ4v) is 4.89. The van der Waals surface area contributed by atoms with E-state index in [0.717, 1.165) is 36.5 Å². The third-order valence-electron chi connectivity index (χ3n) is 5.24. The average molecular weight is 361 g/mol. The summed E-state index contributed by atoms with van der Waals surface area (Å²) in [5.74, 6) is 0.582. The van der Waals surface area contributed by atoms with E-state index < -0.39 is 0 Å². The maximum Gasteiger partial charge on any atom is 0.263 e. The van der Waals surface area contributed by atoms with E-state index in [2.05, 4.69) is 23.1 Å². The van der Waals surface area contributed by atoms with Crippen molar-refractivity contribution in [1.29, 1.82) is 0 Å². The topological polar surface area (TPSA) is 41.4 Å². The molecule has 0 unspecified atom stereocenters. The number of aromatic nitrogens is 2. The van der Waals surface area contributed by atoms with Gasteiger partial charge in [0, 0.05) is 38.4 Å². The molecule has 6 heteroatoms. The van der Waals surface area contributed by atoms with Crippen LogP contribution in [0.5, 0.6) is 0 Å². The van der Waals surface area contributed by atoms with Crippen LogP contribution in [0.4, 0.5) is 0 Å². The highest BCUT2D eigenvalue weighted by molar-refractivity contribution is 7.12. The Kier molecular flexibility index (Phi) is 5.59. The molecule has 2 aromatic rings. The molecule has 0 radical (unpaired) electrons. The molecule has 0 saturated carbocycles. The number of carbonyl (C=O) groups is 1. The molecular weight excluding hydrogens is 332 g/mol. The highest BCUT2D eigenvalue weighted by Crippen LogP contribution is 2.36. The van der Waals surface area contributed by atoms with Gasteiger partial charge in [0.1, 0.15) is 0 Å². The van der Waals surface area contributed by atoms with Crippen LogP contribution in [0.2, 0.25) is 0 Å². The van der Waals surface area contributed by atoms with Crippen LogP contribution in [-0.4, -0.2) is 52.2 Å². The summed E-state index contributed by atoms with van der Waals surface area (Å²) < 4.78 is 1.87. The molecular formula is C19H28N4OS. The molecule has 136 valence electrons. The third-order valence-corrected chi connectivity index (χ3v) is 6.25. The van der Waals surface area contributed by atoms with Gasteiger partial charge in [-0.2, -0.15) is 5.10 Å². The molecule has 1 fully saturated rings. The minimum absolute atomic E-state index is 0.144. The summed E-state index contributed by atoms with van der Waals surface area (Å²) >= 11 is 1.54. The number of amides is 1. The van der Waals surface area contributed by atoms with Crippen molar-refractivity contribution in [2.75, 3.05) is 26.7 Å². The van der Waals surface area contributed by atoms with Crippen molar-refractivity contribution in [3.8, 4) is 0 Å². The first kappa shape index (κ1) is 18.1. The number of rotatable bonds is 5. The second-order valence-corrected chi connectivity index (χ2v) is 7.96. The van der Waals surface area contributed by atoms with Gasteiger partial charge in [-0.3, -0.25) is 14.4 Å². The van der Waals surface area contributed by atoms with Gasteiger partial charge in [0.25, 0.3) is 5.91 Å². The fourth-order valence-electron chi connectivity index (χ4n) is 3.97. The van der Waals surface area contributed by atoms with Gasteiger partial charge >= 0.3 is 0 Å². The van der Waals surface area contributed by atoms with Crippen molar-refractivity contribution in [3.05, 3.63) is 39.8 Å². The summed E-state index contributed by atoms with van der Waals surface area (Å²) in [7, 11) is 3.90. The molecule has 0 aromatic carbocycles. The highest BCUT2D eigenvalue weighted by Gasteiger charge is 2.34. The quantitative estimate of drug-likeness (QED) is 0.821. The first-order valence-electron chi connectivity index (χ1n) is 9.03. The lowest BCUT2D eigenvalue weighted by molar-refractivity contribution is 0.0591. The average Bonchev–Trinajstić information content (AvgIpc) is 3.22. The summed E-state index contributed by atoms with van der Waals surface area (Å²) in [6.45, 7) is 7.16. The second-order valence-electron chi connectivity index (χ2n) is 7.04. The van der Waals surface area contributed by atoms with Gasteiger partial charge in [-0.05, 0) is 55.8 Å². The van der Waals surface area contributed by atoms with E-state index in [1.807, 2.05) is 48.2 Å². The van der Waals surface area contributed by atoms with Gasteiger partial charge in [-0.15, -0.1) is 11.3 Å². The van der Waals surface area contributed by atoms with Gasteiger partial charge < -0.3 is 4.90 Å². The lowest BCUT2D eigenvalue weighted by atomic mass is 9.85. The van der Waals surface area contributed by atoms with E-state index in [9.17, 15) is 4.79 Å². The molecule has 25 heavy (non-hydrogen) atoms. The molecule has 0 N–H and O–H groups in total. The number of carbonyl (C=O) groups excluding carboxylic acids is 1. The minimum Gasteiger partial charge on any atom is -0.341 e. The normalized spacial score (nSPS) is 21.4. The zero-order valence-corrected chi connectivity index (χ0v) is 16.4. The lowest BCUT2D eigenvalue weighted by Crippen LogP contribution is -2.43. The highest BCUT2D eigenvalue weighted by atomic mass is 32.1. The van der Waals surface area contributed by atoms with E-state index in [4.69, 9.17) is 0 Å². The first-order valence-corrected chi connectivity index (χ1v) is 9.91. The van der Waals surface area contributed by atoms with Gasteiger partial charge in [-0.1, -0.05) is 6.92 Å². The van der Waals surface area contributed by atoms with Crippen LogP contribution in [0.3, 0.4) is 0 Å². The van der Waals surface area contributed by atoms with Gasteiger partial charge in [0.05, 0.1) is 11.1 Å². The zero-order chi connectivity index (χ0) is 18.0. The lowest BCUT2D eigenvalue weighted by Gasteiger charge is -2.42. The summed E-state index contributed by atoms with van der Waals surface area (Å²) in [4.78, 5) is 18.1. The molecule has 2 atom stereocenters. The van der Waals surface area contributed by atoms with Crippen LogP contribution < -0.4 is 0 Å². The van der Waals surface area contributed by atoms with Crippen LogP contribution >= 0.6 is 11.3 Å². The molecule has 0 aliphatic carbocycles. The number of likely N-dealkylation sites (tertiary alicyclic amines) is 1. The monoisotopic (exact) mass is 360 g/mol. The number of hydrogen-bond acceptors (Lipinski definition) is 4. The van der Waals surface area contributed by atoms with E-state index in [1.165, 1.54) is 23.3 Å². The molecule has 0 bridgehead atoms. The molecule has 1 aliphatic rings. The van der Waals surface area contributed by atoms with Crippen LogP contribution in [0.15, 0.2) is 23.8 Å². The molecule has 5 nitrogen and oxygen atoms in total. The van der Waals surface area contributed by atoms with Crippen LogP contribution in [-0.2, 0) is 7.05 Å². The minimum atomic E-state index is 0.144. The number of piperidine rings is 1. The molecule has 1 aliphatic heterocycles. The Morgan fingerprint density at radius 1 is 1.48 bits per heavy atom. The van der Waals surface area contributed by atoms with E-state index in [0.29, 0.717) is 12.0 Å². The maximum absolute atomic E-state index is 12.8.